The van der Waals surface area contributed by atoms with Crippen LogP contribution >= 0.6 is 0 Å². The number of aryl methyl sites for hydroxylation is 1. The van der Waals surface area contributed by atoms with E-state index < -0.39 is 11.8 Å². The fourth-order valence-electron chi connectivity index (χ4n) is 2.65. The Morgan fingerprint density at radius 3 is 2.41 bits per heavy atom. The molecule has 0 atom stereocenters. The summed E-state index contributed by atoms with van der Waals surface area (Å²) in [7, 11) is 0. The Kier molecular flexibility index (Phi) is 5.44. The van der Waals surface area contributed by atoms with Gasteiger partial charge in [0.05, 0.1) is 17.2 Å². The largest absolute Gasteiger partial charge is 0.423 e. The van der Waals surface area contributed by atoms with Crippen LogP contribution in [0, 0.1) is 24.1 Å². The molecule has 0 aromatic heterocycles. The van der Waals surface area contributed by atoms with Crippen molar-refractivity contribution in [2.24, 2.45) is 0 Å². The predicted octanol–water partition coefficient (Wildman–Crippen LogP) is 5.42. The third-order valence-electron chi connectivity index (χ3n) is 4.03. The topological polar surface area (TPSA) is 50.1 Å². The van der Waals surface area contributed by atoms with Gasteiger partial charge >= 0.3 is 5.97 Å². The molecule has 0 amide bonds. The molecular formula is C23H16FNO2. The van der Waals surface area contributed by atoms with Crippen molar-refractivity contribution in [2.45, 2.75) is 6.92 Å². The van der Waals surface area contributed by atoms with E-state index in [1.165, 1.54) is 6.07 Å². The highest BCUT2D eigenvalue weighted by atomic mass is 19.1. The van der Waals surface area contributed by atoms with E-state index in [1.54, 1.807) is 60.7 Å². The maximum atomic E-state index is 13.9. The van der Waals surface area contributed by atoms with Gasteiger partial charge in [-0.2, -0.15) is 5.26 Å². The first-order valence-electron chi connectivity index (χ1n) is 8.33. The summed E-state index contributed by atoms with van der Waals surface area (Å²) in [6.07, 6.45) is 1.56. The number of carbonyl (C=O) groups is 1. The molecular weight excluding hydrogens is 341 g/mol. The first-order chi connectivity index (χ1) is 13.1. The zero-order valence-corrected chi connectivity index (χ0v) is 14.6. The number of halogens is 1. The molecule has 0 fully saturated rings. The molecule has 27 heavy (non-hydrogen) atoms. The van der Waals surface area contributed by atoms with Crippen molar-refractivity contribution >= 4 is 17.6 Å². The number of allylic oxidation sites excluding steroid dienone is 1. The van der Waals surface area contributed by atoms with Gasteiger partial charge in [-0.15, -0.1) is 0 Å². The number of ether oxygens (including phenoxy) is 1. The van der Waals surface area contributed by atoms with E-state index in [1.807, 2.05) is 25.1 Å². The minimum atomic E-state index is -0.465. The summed E-state index contributed by atoms with van der Waals surface area (Å²) >= 11 is 0. The Morgan fingerprint density at radius 2 is 1.70 bits per heavy atom. The van der Waals surface area contributed by atoms with Crippen LogP contribution in [-0.4, -0.2) is 5.97 Å². The molecule has 4 heteroatoms. The molecule has 0 aliphatic rings. The number of hydrogen-bond donors (Lipinski definition) is 0. The first-order valence-corrected chi connectivity index (χ1v) is 8.33. The molecule has 132 valence electrons. The van der Waals surface area contributed by atoms with Crippen LogP contribution in [0.1, 0.15) is 27.0 Å². The van der Waals surface area contributed by atoms with Crippen molar-refractivity contribution in [3.05, 3.63) is 101 Å². The zero-order valence-electron chi connectivity index (χ0n) is 14.6. The summed E-state index contributed by atoms with van der Waals surface area (Å²) in [6, 6.07) is 22.0. The molecule has 3 aromatic carbocycles. The fraction of sp³-hybridized carbons (Fsp3) is 0.0435. The van der Waals surface area contributed by atoms with E-state index in [4.69, 9.17) is 4.74 Å². The molecule has 0 saturated heterocycles. The quantitative estimate of drug-likeness (QED) is 0.271. The van der Waals surface area contributed by atoms with E-state index in [0.717, 1.165) is 5.56 Å². The van der Waals surface area contributed by atoms with Gasteiger partial charge < -0.3 is 4.74 Å². The zero-order chi connectivity index (χ0) is 19.2. The lowest BCUT2D eigenvalue weighted by molar-refractivity contribution is 0.0734. The second-order valence-electron chi connectivity index (χ2n) is 5.93. The fourth-order valence-corrected chi connectivity index (χ4v) is 2.65. The Morgan fingerprint density at radius 1 is 1.00 bits per heavy atom. The second-order valence-corrected chi connectivity index (χ2v) is 5.93. The molecule has 3 rings (SSSR count). The van der Waals surface area contributed by atoms with Gasteiger partial charge in [-0.05, 0) is 48.4 Å². The van der Waals surface area contributed by atoms with Crippen molar-refractivity contribution in [2.75, 3.05) is 0 Å². The van der Waals surface area contributed by atoms with E-state index in [-0.39, 0.29) is 11.1 Å². The highest BCUT2D eigenvalue weighted by molar-refractivity contribution is 5.93. The van der Waals surface area contributed by atoms with E-state index in [0.29, 0.717) is 16.9 Å². The van der Waals surface area contributed by atoms with Gasteiger partial charge in [0, 0.05) is 5.56 Å². The minimum absolute atomic E-state index is 0.190. The van der Waals surface area contributed by atoms with E-state index >= 15 is 0 Å². The maximum Gasteiger partial charge on any atom is 0.343 e. The molecule has 0 bridgehead atoms. The van der Waals surface area contributed by atoms with Gasteiger partial charge in [-0.3, -0.25) is 0 Å². The normalized spacial score (nSPS) is 10.9. The summed E-state index contributed by atoms with van der Waals surface area (Å²) in [5.41, 5.74) is 2.36. The number of hydrogen-bond acceptors (Lipinski definition) is 3. The summed E-state index contributed by atoms with van der Waals surface area (Å²) in [5, 5.41) is 9.39. The monoisotopic (exact) mass is 357 g/mol. The summed E-state index contributed by atoms with van der Waals surface area (Å²) in [4.78, 5) is 12.4. The number of nitrogens with zero attached hydrogens (tertiary/aromatic N) is 1. The average molecular weight is 357 g/mol. The van der Waals surface area contributed by atoms with Gasteiger partial charge in [0.25, 0.3) is 0 Å². The molecule has 3 nitrogen and oxygen atoms in total. The highest BCUT2D eigenvalue weighted by Crippen LogP contribution is 2.23. The van der Waals surface area contributed by atoms with Gasteiger partial charge in [0.2, 0.25) is 0 Å². The summed E-state index contributed by atoms with van der Waals surface area (Å²) in [5.74, 6) is -0.570. The number of esters is 1. The van der Waals surface area contributed by atoms with Crippen molar-refractivity contribution in [1.29, 1.82) is 5.26 Å². The molecule has 0 aliphatic heterocycles. The molecule has 0 N–H and O–H groups in total. The molecule has 0 saturated carbocycles. The highest BCUT2D eigenvalue weighted by Gasteiger charge is 2.11. The van der Waals surface area contributed by atoms with Gasteiger partial charge in [0.1, 0.15) is 11.6 Å². The average Bonchev–Trinajstić information content (AvgIpc) is 2.67. The lowest BCUT2D eigenvalue weighted by atomic mass is 10.0. The van der Waals surface area contributed by atoms with Crippen molar-refractivity contribution in [3.8, 4) is 11.8 Å². The van der Waals surface area contributed by atoms with Gasteiger partial charge in [-0.1, -0.05) is 48.5 Å². The molecule has 0 unspecified atom stereocenters. The van der Waals surface area contributed by atoms with Crippen LogP contribution < -0.4 is 4.74 Å². The number of rotatable bonds is 4. The van der Waals surface area contributed by atoms with Crippen LogP contribution in [0.5, 0.6) is 5.75 Å². The van der Waals surface area contributed by atoms with E-state index in [9.17, 15) is 14.4 Å². The van der Waals surface area contributed by atoms with Gasteiger partial charge in [0.15, 0.2) is 0 Å². The van der Waals surface area contributed by atoms with Crippen LogP contribution in [0.15, 0.2) is 72.8 Å². The molecule has 0 spiro atoms. The predicted molar refractivity (Wildman–Crippen MR) is 102 cm³/mol. The van der Waals surface area contributed by atoms with Crippen LogP contribution in [0.25, 0.3) is 11.6 Å². The van der Waals surface area contributed by atoms with Crippen LogP contribution in [-0.2, 0) is 0 Å². The Bertz CT molecular complexity index is 1060. The third-order valence-corrected chi connectivity index (χ3v) is 4.03. The SMILES string of the molecule is Cc1ccccc1C(=O)Oc1cccc(/C=C(/C#N)c2ccccc2F)c1. The number of nitriles is 1. The summed E-state index contributed by atoms with van der Waals surface area (Å²) < 4.78 is 19.4. The molecule has 0 heterocycles. The smallest absolute Gasteiger partial charge is 0.343 e. The Balaban J connectivity index is 1.87. The summed E-state index contributed by atoms with van der Waals surface area (Å²) in [6.45, 7) is 1.84. The molecule has 0 aliphatic carbocycles. The number of benzene rings is 3. The maximum absolute atomic E-state index is 13.9. The van der Waals surface area contributed by atoms with Crippen LogP contribution in [0.3, 0.4) is 0 Å². The first kappa shape index (κ1) is 18.1. The van der Waals surface area contributed by atoms with Gasteiger partial charge in [-0.25, -0.2) is 9.18 Å². The van der Waals surface area contributed by atoms with E-state index in [2.05, 4.69) is 0 Å². The Hall–Kier alpha value is -3.71. The Labute approximate surface area is 157 Å². The molecule has 3 aromatic rings. The van der Waals surface area contributed by atoms with Crippen molar-refractivity contribution in [1.82, 2.24) is 0 Å². The van der Waals surface area contributed by atoms with Crippen molar-refractivity contribution < 1.29 is 13.9 Å². The second kappa shape index (κ2) is 8.11. The standard InChI is InChI=1S/C23H16FNO2/c1-16-7-2-3-10-20(16)23(26)27-19-9-6-8-17(14-19)13-18(15-25)21-11-4-5-12-22(21)24/h2-14H,1H3/b18-13-. The third kappa shape index (κ3) is 4.28. The number of carbonyl (C=O) groups excluding carboxylic acids is 1. The van der Waals surface area contributed by atoms with Crippen molar-refractivity contribution in [3.63, 3.8) is 0 Å². The lowest BCUT2D eigenvalue weighted by Gasteiger charge is -2.07. The van der Waals surface area contributed by atoms with Crippen LogP contribution in [0.4, 0.5) is 4.39 Å². The minimum Gasteiger partial charge on any atom is -0.423 e. The lowest BCUT2D eigenvalue weighted by Crippen LogP contribution is -2.10. The van der Waals surface area contributed by atoms with Crippen LogP contribution in [0.2, 0.25) is 0 Å². The molecule has 0 radical (unpaired) electrons.